The molecule has 2 bridgehead atoms. The topological polar surface area (TPSA) is 87.2 Å². The Kier molecular flexibility index (Phi) is 6.47. The first-order chi connectivity index (χ1) is 16.8. The summed E-state index contributed by atoms with van der Waals surface area (Å²) in [6.45, 7) is 4.37. The molecule has 2 aromatic rings. The molecule has 1 N–H and O–H groups in total. The van der Waals surface area contributed by atoms with Crippen molar-refractivity contribution in [3.8, 4) is 0 Å². The van der Waals surface area contributed by atoms with Crippen molar-refractivity contribution in [2.24, 2.45) is 17.3 Å². The van der Waals surface area contributed by atoms with E-state index in [0.29, 0.717) is 12.1 Å². The van der Waals surface area contributed by atoms with Gasteiger partial charge in [-0.25, -0.2) is 9.69 Å². The number of fused-ring (bicyclic) bond motifs is 2. The third-order valence-corrected chi connectivity index (χ3v) is 7.76. The Morgan fingerprint density at radius 1 is 1.11 bits per heavy atom. The van der Waals surface area contributed by atoms with E-state index in [1.165, 1.54) is 5.56 Å². The van der Waals surface area contributed by atoms with Gasteiger partial charge >= 0.3 is 5.97 Å². The van der Waals surface area contributed by atoms with Crippen molar-refractivity contribution in [1.82, 2.24) is 4.90 Å². The van der Waals surface area contributed by atoms with Crippen LogP contribution in [0, 0.1) is 17.3 Å². The van der Waals surface area contributed by atoms with E-state index in [2.05, 4.69) is 17.0 Å². The van der Waals surface area contributed by atoms with Gasteiger partial charge in [0.25, 0.3) is 0 Å². The number of rotatable bonds is 6. The minimum Gasteiger partial charge on any atom is -0.461 e. The minimum absolute atomic E-state index is 0.145. The number of piperidine rings is 1. The summed E-state index contributed by atoms with van der Waals surface area (Å²) in [6.07, 6.45) is 2.10. The van der Waals surface area contributed by atoms with E-state index in [4.69, 9.17) is 4.74 Å². The molecule has 2 aromatic carbocycles. The van der Waals surface area contributed by atoms with Crippen LogP contribution < -0.4 is 4.90 Å². The molecule has 0 radical (unpaired) electrons. The van der Waals surface area contributed by atoms with Crippen molar-refractivity contribution in [2.75, 3.05) is 24.6 Å². The molecule has 3 fully saturated rings. The van der Waals surface area contributed by atoms with Gasteiger partial charge in [0.05, 0.1) is 24.0 Å². The molecule has 7 nitrogen and oxygen atoms in total. The number of anilines is 1. The van der Waals surface area contributed by atoms with Crippen LogP contribution in [0.15, 0.2) is 54.6 Å². The number of aliphatic hydroxyl groups excluding tert-OH is 1. The molecule has 2 heterocycles. The molecule has 4 atom stereocenters. The van der Waals surface area contributed by atoms with Gasteiger partial charge in [-0.05, 0) is 42.9 Å². The van der Waals surface area contributed by atoms with Gasteiger partial charge in [0, 0.05) is 37.4 Å². The van der Waals surface area contributed by atoms with Crippen molar-refractivity contribution in [3.63, 3.8) is 0 Å². The smallest absolute Gasteiger partial charge is 0.340 e. The molecule has 0 unspecified atom stereocenters. The third-order valence-electron chi connectivity index (χ3n) is 7.76. The number of esters is 1. The molecule has 1 saturated carbocycles. The van der Waals surface area contributed by atoms with E-state index < -0.39 is 11.9 Å². The normalized spacial score (nSPS) is 28.9. The Morgan fingerprint density at radius 3 is 2.60 bits per heavy atom. The highest BCUT2D eigenvalue weighted by molar-refractivity contribution is 6.22. The van der Waals surface area contributed by atoms with Gasteiger partial charge in [-0.3, -0.25) is 14.5 Å². The molecule has 7 heteroatoms. The van der Waals surface area contributed by atoms with Crippen LogP contribution in [0.1, 0.15) is 48.5 Å². The van der Waals surface area contributed by atoms with Gasteiger partial charge in [-0.2, -0.15) is 0 Å². The lowest BCUT2D eigenvalue weighted by molar-refractivity contribution is -0.122. The number of para-hydroxylation sites is 1. The van der Waals surface area contributed by atoms with E-state index >= 15 is 0 Å². The summed E-state index contributed by atoms with van der Waals surface area (Å²) in [5.74, 6) is -1.36. The summed E-state index contributed by atoms with van der Waals surface area (Å²) in [5.41, 5.74) is 1.51. The molecule has 184 valence electrons. The predicted octanol–water partition coefficient (Wildman–Crippen LogP) is 3.41. The van der Waals surface area contributed by atoms with Crippen LogP contribution >= 0.6 is 0 Å². The maximum Gasteiger partial charge on any atom is 0.340 e. The van der Waals surface area contributed by atoms with Crippen molar-refractivity contribution in [1.29, 1.82) is 0 Å². The summed E-state index contributed by atoms with van der Waals surface area (Å²) in [6, 6.07) is 16.9. The second-order valence-corrected chi connectivity index (χ2v) is 10.5. The number of likely N-dealkylation sites (tertiary alicyclic amines) is 1. The number of imide groups is 1. The molecular weight excluding hydrogens is 444 g/mol. The Labute approximate surface area is 205 Å². The van der Waals surface area contributed by atoms with Gasteiger partial charge in [0.2, 0.25) is 11.8 Å². The SMILES string of the molecule is C[C@H]1CC(=O)N(c2ccccc2C(=O)OC[C@]23CC[C@H](O)[C@H](CN(Cc4ccccc4)C2)C3)C1=O. The molecule has 2 saturated heterocycles. The Hall–Kier alpha value is -3.03. The van der Waals surface area contributed by atoms with Crippen LogP contribution in [0.25, 0.3) is 0 Å². The number of benzene rings is 2. The van der Waals surface area contributed by atoms with E-state index in [1.807, 2.05) is 18.2 Å². The molecule has 5 rings (SSSR count). The number of carbonyl (C=O) groups excluding carboxylic acids is 3. The van der Waals surface area contributed by atoms with E-state index in [-0.39, 0.29) is 47.8 Å². The summed E-state index contributed by atoms with van der Waals surface area (Å²) < 4.78 is 5.88. The van der Waals surface area contributed by atoms with Crippen molar-refractivity contribution < 1.29 is 24.2 Å². The largest absolute Gasteiger partial charge is 0.461 e. The summed E-state index contributed by atoms with van der Waals surface area (Å²) >= 11 is 0. The Balaban J connectivity index is 1.32. The predicted molar refractivity (Wildman–Crippen MR) is 130 cm³/mol. The average molecular weight is 477 g/mol. The molecule has 35 heavy (non-hydrogen) atoms. The van der Waals surface area contributed by atoms with E-state index in [1.54, 1.807) is 31.2 Å². The number of amides is 2. The molecule has 2 aliphatic heterocycles. The van der Waals surface area contributed by atoms with E-state index in [9.17, 15) is 19.5 Å². The van der Waals surface area contributed by atoms with E-state index in [0.717, 1.165) is 37.4 Å². The van der Waals surface area contributed by atoms with Gasteiger partial charge in [-0.15, -0.1) is 0 Å². The number of ether oxygens (including phenoxy) is 1. The zero-order chi connectivity index (χ0) is 24.6. The maximum absolute atomic E-state index is 13.2. The summed E-state index contributed by atoms with van der Waals surface area (Å²) in [4.78, 5) is 41.7. The quantitative estimate of drug-likeness (QED) is 0.508. The van der Waals surface area contributed by atoms with Crippen LogP contribution in [-0.2, 0) is 20.9 Å². The molecule has 0 aromatic heterocycles. The van der Waals surface area contributed by atoms with Crippen LogP contribution in [0.5, 0.6) is 0 Å². The Bertz CT molecular complexity index is 1120. The fraction of sp³-hybridized carbons (Fsp3) is 0.464. The number of nitrogens with zero attached hydrogens (tertiary/aromatic N) is 2. The highest BCUT2D eigenvalue weighted by atomic mass is 16.5. The molecule has 0 spiro atoms. The number of carbonyl (C=O) groups is 3. The first-order valence-electron chi connectivity index (χ1n) is 12.4. The van der Waals surface area contributed by atoms with Gasteiger partial charge in [0.15, 0.2) is 0 Å². The third kappa shape index (κ3) is 4.75. The van der Waals surface area contributed by atoms with Crippen LogP contribution in [-0.4, -0.2) is 53.6 Å². The summed E-state index contributed by atoms with van der Waals surface area (Å²) in [7, 11) is 0. The fourth-order valence-electron chi connectivity index (χ4n) is 6.00. The van der Waals surface area contributed by atoms with Gasteiger partial charge < -0.3 is 9.84 Å². The molecule has 1 aliphatic carbocycles. The second-order valence-electron chi connectivity index (χ2n) is 10.5. The van der Waals surface area contributed by atoms with Gasteiger partial charge in [-0.1, -0.05) is 49.4 Å². The monoisotopic (exact) mass is 476 g/mol. The standard InChI is InChI=1S/C28H32N2O5/c1-19-13-25(32)30(26(19)33)23-10-6-5-9-22(23)27(34)35-18-28-12-11-24(31)21(14-28)16-29(17-28)15-20-7-3-2-4-8-20/h2-10,19,21,24,31H,11-18H2,1H3/t19-,21-,24-,28-/m0/s1. The Morgan fingerprint density at radius 2 is 1.86 bits per heavy atom. The first-order valence-corrected chi connectivity index (χ1v) is 12.4. The summed E-state index contributed by atoms with van der Waals surface area (Å²) in [5, 5.41) is 10.6. The minimum atomic E-state index is -0.530. The highest BCUT2D eigenvalue weighted by Gasteiger charge is 2.47. The molecular formula is C28H32N2O5. The number of hydrogen-bond acceptors (Lipinski definition) is 6. The zero-order valence-electron chi connectivity index (χ0n) is 20.1. The maximum atomic E-state index is 13.2. The van der Waals surface area contributed by atoms with Crippen LogP contribution in [0.4, 0.5) is 5.69 Å². The number of aliphatic hydroxyl groups is 1. The lowest BCUT2D eigenvalue weighted by Gasteiger charge is -2.51. The van der Waals surface area contributed by atoms with Crippen molar-refractivity contribution >= 4 is 23.5 Å². The van der Waals surface area contributed by atoms with Crippen LogP contribution in [0.2, 0.25) is 0 Å². The lowest BCUT2D eigenvalue weighted by Crippen LogP contribution is -2.55. The van der Waals surface area contributed by atoms with Crippen LogP contribution in [0.3, 0.4) is 0 Å². The van der Waals surface area contributed by atoms with Gasteiger partial charge in [0.1, 0.15) is 0 Å². The number of hydrogen-bond donors (Lipinski definition) is 1. The second kappa shape index (κ2) is 9.55. The first kappa shape index (κ1) is 23.7. The molecule has 3 aliphatic rings. The van der Waals surface area contributed by atoms with Crippen molar-refractivity contribution in [2.45, 2.75) is 45.3 Å². The zero-order valence-corrected chi connectivity index (χ0v) is 20.1. The van der Waals surface area contributed by atoms with Crippen molar-refractivity contribution in [3.05, 3.63) is 65.7 Å². The fourth-order valence-corrected chi connectivity index (χ4v) is 6.00. The lowest BCUT2D eigenvalue weighted by atomic mass is 9.66. The molecule has 2 amide bonds. The average Bonchev–Trinajstić information content (AvgIpc) is 3.11. The highest BCUT2D eigenvalue weighted by Crippen LogP contribution is 2.45.